The van der Waals surface area contributed by atoms with E-state index in [2.05, 4.69) is 9.97 Å². The van der Waals surface area contributed by atoms with Gasteiger partial charge in [-0.3, -0.25) is 4.79 Å². The standard InChI is InChI=1S/C10H12ClN3O2/c11-8-9(13-4-3-12-8)14-5-1-7(2-6-14)10(15)16/h3-4,7H,1-2,5-6H2,(H,15,16). The zero-order valence-corrected chi connectivity index (χ0v) is 9.39. The van der Waals surface area contributed by atoms with Crippen LogP contribution in [0.4, 0.5) is 5.82 Å². The second-order valence-corrected chi connectivity index (χ2v) is 4.13. The molecular weight excluding hydrogens is 230 g/mol. The van der Waals surface area contributed by atoms with Gasteiger partial charge in [-0.1, -0.05) is 11.6 Å². The molecule has 1 fully saturated rings. The highest BCUT2D eigenvalue weighted by Gasteiger charge is 2.26. The normalized spacial score (nSPS) is 17.4. The first-order valence-electron chi connectivity index (χ1n) is 5.12. The number of hydrogen-bond donors (Lipinski definition) is 1. The molecule has 1 aliphatic rings. The van der Waals surface area contributed by atoms with Crippen molar-refractivity contribution >= 4 is 23.4 Å². The van der Waals surface area contributed by atoms with Crippen LogP contribution in [0, 0.1) is 5.92 Å². The van der Waals surface area contributed by atoms with Gasteiger partial charge >= 0.3 is 5.97 Å². The van der Waals surface area contributed by atoms with E-state index in [0.29, 0.717) is 36.9 Å². The molecule has 0 unspecified atom stereocenters. The Kier molecular flexibility index (Phi) is 3.24. The Balaban J connectivity index is 2.05. The van der Waals surface area contributed by atoms with Crippen molar-refractivity contribution in [1.29, 1.82) is 0 Å². The van der Waals surface area contributed by atoms with Gasteiger partial charge < -0.3 is 10.0 Å². The van der Waals surface area contributed by atoms with Crippen LogP contribution in [0.3, 0.4) is 0 Å². The number of rotatable bonds is 2. The van der Waals surface area contributed by atoms with Gasteiger partial charge in [-0.2, -0.15) is 0 Å². The Hall–Kier alpha value is -1.36. The lowest BCUT2D eigenvalue weighted by Gasteiger charge is -2.30. The predicted octanol–water partition coefficient (Wildman–Crippen LogP) is 1.43. The molecule has 0 bridgehead atoms. The Bertz CT molecular complexity index is 391. The number of carbonyl (C=O) groups is 1. The maximum Gasteiger partial charge on any atom is 0.306 e. The number of piperidine rings is 1. The molecule has 5 nitrogen and oxygen atoms in total. The summed E-state index contributed by atoms with van der Waals surface area (Å²) in [5.41, 5.74) is 0. The van der Waals surface area contributed by atoms with E-state index in [-0.39, 0.29) is 5.92 Å². The van der Waals surface area contributed by atoms with E-state index in [0.717, 1.165) is 0 Å². The summed E-state index contributed by atoms with van der Waals surface area (Å²) in [7, 11) is 0. The molecule has 0 spiro atoms. The summed E-state index contributed by atoms with van der Waals surface area (Å²) in [6.07, 6.45) is 4.38. The van der Waals surface area contributed by atoms with E-state index in [1.54, 1.807) is 6.20 Å². The third-order valence-electron chi connectivity index (χ3n) is 2.78. The van der Waals surface area contributed by atoms with Crippen LogP contribution in [0.2, 0.25) is 5.15 Å². The smallest absolute Gasteiger partial charge is 0.306 e. The molecular formula is C10H12ClN3O2. The van der Waals surface area contributed by atoms with Crippen molar-refractivity contribution in [3.63, 3.8) is 0 Å². The van der Waals surface area contributed by atoms with Crippen LogP contribution in [0.5, 0.6) is 0 Å². The van der Waals surface area contributed by atoms with Crippen molar-refractivity contribution in [2.24, 2.45) is 5.92 Å². The van der Waals surface area contributed by atoms with Crippen LogP contribution in [-0.2, 0) is 4.79 Å². The van der Waals surface area contributed by atoms with E-state index in [4.69, 9.17) is 16.7 Å². The molecule has 1 aliphatic heterocycles. The summed E-state index contributed by atoms with van der Waals surface area (Å²) in [5, 5.41) is 9.25. The highest BCUT2D eigenvalue weighted by molar-refractivity contribution is 6.31. The number of carboxylic acid groups (broad SMARTS) is 1. The largest absolute Gasteiger partial charge is 0.481 e. The molecule has 0 atom stereocenters. The summed E-state index contributed by atoms with van der Waals surface area (Å²) in [4.78, 5) is 20.9. The maximum absolute atomic E-state index is 10.8. The molecule has 0 amide bonds. The molecule has 0 aromatic carbocycles. The number of aromatic nitrogens is 2. The van der Waals surface area contributed by atoms with Crippen molar-refractivity contribution in [3.05, 3.63) is 17.5 Å². The van der Waals surface area contributed by atoms with Crippen LogP contribution >= 0.6 is 11.6 Å². The molecule has 86 valence electrons. The molecule has 16 heavy (non-hydrogen) atoms. The van der Waals surface area contributed by atoms with Crippen molar-refractivity contribution in [3.8, 4) is 0 Å². The fraction of sp³-hybridized carbons (Fsp3) is 0.500. The molecule has 1 aromatic heterocycles. The van der Waals surface area contributed by atoms with E-state index < -0.39 is 5.97 Å². The first kappa shape index (κ1) is 11.1. The number of aliphatic carboxylic acids is 1. The van der Waals surface area contributed by atoms with Gasteiger partial charge in [0.1, 0.15) is 0 Å². The SMILES string of the molecule is O=C(O)C1CCN(c2nccnc2Cl)CC1. The summed E-state index contributed by atoms with van der Waals surface area (Å²) < 4.78 is 0. The van der Waals surface area contributed by atoms with Gasteiger partial charge in [0.15, 0.2) is 11.0 Å². The Morgan fingerprint density at radius 2 is 2.00 bits per heavy atom. The first-order valence-corrected chi connectivity index (χ1v) is 5.50. The minimum Gasteiger partial charge on any atom is -0.481 e. The van der Waals surface area contributed by atoms with Gasteiger partial charge in [-0.15, -0.1) is 0 Å². The summed E-state index contributed by atoms with van der Waals surface area (Å²) >= 11 is 5.92. The maximum atomic E-state index is 10.8. The third-order valence-corrected chi connectivity index (χ3v) is 3.05. The van der Waals surface area contributed by atoms with Gasteiger partial charge in [-0.05, 0) is 12.8 Å². The van der Waals surface area contributed by atoms with Crippen molar-refractivity contribution < 1.29 is 9.90 Å². The summed E-state index contributed by atoms with van der Waals surface area (Å²) in [6.45, 7) is 1.32. The Morgan fingerprint density at radius 1 is 1.38 bits per heavy atom. The molecule has 6 heteroatoms. The number of nitrogens with zero attached hydrogens (tertiary/aromatic N) is 3. The highest BCUT2D eigenvalue weighted by atomic mass is 35.5. The van der Waals surface area contributed by atoms with E-state index in [1.807, 2.05) is 4.90 Å². The molecule has 2 rings (SSSR count). The minimum atomic E-state index is -0.718. The highest BCUT2D eigenvalue weighted by Crippen LogP contribution is 2.25. The second kappa shape index (κ2) is 4.65. The molecule has 0 saturated carbocycles. The van der Waals surface area contributed by atoms with Crippen LogP contribution in [0.15, 0.2) is 12.4 Å². The molecule has 1 N–H and O–H groups in total. The fourth-order valence-electron chi connectivity index (χ4n) is 1.86. The second-order valence-electron chi connectivity index (χ2n) is 3.77. The minimum absolute atomic E-state index is 0.244. The quantitative estimate of drug-likeness (QED) is 0.849. The lowest BCUT2D eigenvalue weighted by Crippen LogP contribution is -2.37. The fourth-order valence-corrected chi connectivity index (χ4v) is 2.09. The first-order chi connectivity index (χ1) is 7.68. The number of hydrogen-bond acceptors (Lipinski definition) is 4. The van der Waals surface area contributed by atoms with Crippen molar-refractivity contribution in [1.82, 2.24) is 9.97 Å². The van der Waals surface area contributed by atoms with Crippen LogP contribution in [0.1, 0.15) is 12.8 Å². The number of carboxylic acids is 1. The Labute approximate surface area is 98.1 Å². The zero-order chi connectivity index (χ0) is 11.5. The predicted molar refractivity (Wildman–Crippen MR) is 59.6 cm³/mol. The van der Waals surface area contributed by atoms with Crippen molar-refractivity contribution in [2.45, 2.75) is 12.8 Å². The van der Waals surface area contributed by atoms with Crippen molar-refractivity contribution in [2.75, 3.05) is 18.0 Å². The van der Waals surface area contributed by atoms with E-state index >= 15 is 0 Å². The van der Waals surface area contributed by atoms with Crippen LogP contribution in [-0.4, -0.2) is 34.1 Å². The topological polar surface area (TPSA) is 66.3 Å². The third kappa shape index (κ3) is 2.24. The molecule has 0 radical (unpaired) electrons. The lowest BCUT2D eigenvalue weighted by molar-refractivity contribution is -0.142. The molecule has 1 aromatic rings. The number of anilines is 1. The average molecular weight is 242 g/mol. The monoisotopic (exact) mass is 241 g/mol. The lowest BCUT2D eigenvalue weighted by atomic mass is 9.97. The summed E-state index contributed by atoms with van der Waals surface area (Å²) in [5.74, 6) is -0.315. The van der Waals surface area contributed by atoms with E-state index in [1.165, 1.54) is 6.20 Å². The van der Waals surface area contributed by atoms with Gasteiger partial charge in [0, 0.05) is 25.5 Å². The average Bonchev–Trinajstić information content (AvgIpc) is 2.30. The number of halogens is 1. The van der Waals surface area contributed by atoms with Gasteiger partial charge in [0.2, 0.25) is 0 Å². The van der Waals surface area contributed by atoms with E-state index in [9.17, 15) is 4.79 Å². The molecule has 0 aliphatic carbocycles. The van der Waals surface area contributed by atoms with Crippen LogP contribution < -0.4 is 4.90 Å². The van der Waals surface area contributed by atoms with Gasteiger partial charge in [0.25, 0.3) is 0 Å². The van der Waals surface area contributed by atoms with Crippen LogP contribution in [0.25, 0.3) is 0 Å². The molecule has 1 saturated heterocycles. The van der Waals surface area contributed by atoms with Gasteiger partial charge in [-0.25, -0.2) is 9.97 Å². The van der Waals surface area contributed by atoms with Gasteiger partial charge in [0.05, 0.1) is 5.92 Å². The molecule has 2 heterocycles. The Morgan fingerprint density at radius 3 is 2.56 bits per heavy atom. The zero-order valence-electron chi connectivity index (χ0n) is 8.64. The summed E-state index contributed by atoms with van der Waals surface area (Å²) in [6, 6.07) is 0.